The molecule has 2 rings (SSSR count). The molecule has 0 bridgehead atoms. The standard InChI is InChI=1S/C18H20ClNO/c1-4-7-10-14(5-2)20-15(6-3)12-13-9-8-11-16(19)17(13)18(20)21/h4,7-12H,5-6H2,1-3H3/b7-4-,14-10+. The summed E-state index contributed by atoms with van der Waals surface area (Å²) in [7, 11) is 0. The summed E-state index contributed by atoms with van der Waals surface area (Å²) in [5, 5.41) is 2.01. The molecule has 21 heavy (non-hydrogen) atoms. The fraction of sp³-hybridized carbons (Fsp3) is 0.278. The van der Waals surface area contributed by atoms with Crippen molar-refractivity contribution < 1.29 is 0 Å². The van der Waals surface area contributed by atoms with Crippen molar-refractivity contribution in [1.29, 1.82) is 0 Å². The second-order valence-corrected chi connectivity index (χ2v) is 5.28. The first kappa shape index (κ1) is 15.6. The van der Waals surface area contributed by atoms with Gasteiger partial charge >= 0.3 is 0 Å². The van der Waals surface area contributed by atoms with Crippen molar-refractivity contribution in [3.05, 3.63) is 63.6 Å². The van der Waals surface area contributed by atoms with Gasteiger partial charge in [-0.25, -0.2) is 0 Å². The molecule has 0 amide bonds. The van der Waals surface area contributed by atoms with Crippen LogP contribution in [0, 0.1) is 0 Å². The van der Waals surface area contributed by atoms with Gasteiger partial charge in [0.15, 0.2) is 0 Å². The lowest BCUT2D eigenvalue weighted by Crippen LogP contribution is -2.23. The van der Waals surface area contributed by atoms with Gasteiger partial charge in [-0.15, -0.1) is 0 Å². The molecule has 0 saturated heterocycles. The van der Waals surface area contributed by atoms with E-state index < -0.39 is 0 Å². The van der Waals surface area contributed by atoms with Crippen LogP contribution in [0.3, 0.4) is 0 Å². The van der Waals surface area contributed by atoms with Gasteiger partial charge in [0.25, 0.3) is 5.56 Å². The summed E-state index contributed by atoms with van der Waals surface area (Å²) in [5.41, 5.74) is 1.96. The maximum absolute atomic E-state index is 12.9. The van der Waals surface area contributed by atoms with Gasteiger partial charge < -0.3 is 0 Å². The lowest BCUT2D eigenvalue weighted by Gasteiger charge is -2.16. The van der Waals surface area contributed by atoms with Crippen molar-refractivity contribution in [3.8, 4) is 0 Å². The first-order valence-corrected chi connectivity index (χ1v) is 7.67. The predicted octanol–water partition coefficient (Wildman–Crippen LogP) is 5.04. The predicted molar refractivity (Wildman–Crippen MR) is 92.0 cm³/mol. The van der Waals surface area contributed by atoms with E-state index in [-0.39, 0.29) is 5.56 Å². The van der Waals surface area contributed by atoms with E-state index in [2.05, 4.69) is 19.9 Å². The number of nitrogens with zero attached hydrogens (tertiary/aromatic N) is 1. The smallest absolute Gasteiger partial charge is 0.264 e. The third kappa shape index (κ3) is 2.96. The number of aromatic nitrogens is 1. The van der Waals surface area contributed by atoms with Crippen LogP contribution in [0.1, 0.15) is 32.9 Å². The van der Waals surface area contributed by atoms with Crippen molar-refractivity contribution in [3.63, 3.8) is 0 Å². The molecule has 2 aromatic rings. The monoisotopic (exact) mass is 301 g/mol. The summed E-state index contributed by atoms with van der Waals surface area (Å²) >= 11 is 6.24. The summed E-state index contributed by atoms with van der Waals surface area (Å²) in [5.74, 6) is 0. The highest BCUT2D eigenvalue weighted by Gasteiger charge is 2.12. The van der Waals surface area contributed by atoms with E-state index in [0.717, 1.165) is 29.6 Å². The van der Waals surface area contributed by atoms with Crippen LogP contribution in [0.5, 0.6) is 0 Å². The van der Waals surface area contributed by atoms with Gasteiger partial charge in [-0.1, -0.05) is 49.7 Å². The van der Waals surface area contributed by atoms with Crippen molar-refractivity contribution in [2.75, 3.05) is 0 Å². The minimum atomic E-state index is -0.0347. The van der Waals surface area contributed by atoms with Gasteiger partial charge in [0, 0.05) is 11.4 Å². The minimum absolute atomic E-state index is 0.0347. The number of fused-ring (bicyclic) bond motifs is 1. The Labute approximate surface area is 130 Å². The maximum Gasteiger partial charge on any atom is 0.264 e. The van der Waals surface area contributed by atoms with Gasteiger partial charge in [0.1, 0.15) is 0 Å². The van der Waals surface area contributed by atoms with E-state index >= 15 is 0 Å². The summed E-state index contributed by atoms with van der Waals surface area (Å²) in [6.45, 7) is 6.08. The number of hydrogen-bond acceptors (Lipinski definition) is 1. The highest BCUT2D eigenvalue weighted by Crippen LogP contribution is 2.23. The van der Waals surface area contributed by atoms with Crippen molar-refractivity contribution >= 4 is 28.1 Å². The molecule has 0 fully saturated rings. The number of pyridine rings is 1. The Morgan fingerprint density at radius 1 is 1.33 bits per heavy atom. The topological polar surface area (TPSA) is 22.0 Å². The largest absolute Gasteiger partial charge is 0.285 e. The Morgan fingerprint density at radius 2 is 2.10 bits per heavy atom. The Morgan fingerprint density at radius 3 is 2.71 bits per heavy atom. The van der Waals surface area contributed by atoms with Crippen molar-refractivity contribution in [2.24, 2.45) is 0 Å². The fourth-order valence-corrected chi connectivity index (χ4v) is 2.77. The fourth-order valence-electron chi connectivity index (χ4n) is 2.51. The normalized spacial score (nSPS) is 12.5. The highest BCUT2D eigenvalue weighted by atomic mass is 35.5. The molecular formula is C18H20ClNO. The van der Waals surface area contributed by atoms with E-state index in [4.69, 9.17) is 11.6 Å². The summed E-state index contributed by atoms with van der Waals surface area (Å²) in [6.07, 6.45) is 7.49. The molecule has 0 aliphatic heterocycles. The van der Waals surface area contributed by atoms with Crippen LogP contribution in [-0.4, -0.2) is 4.57 Å². The van der Waals surface area contributed by atoms with Crippen LogP contribution in [-0.2, 0) is 6.42 Å². The molecule has 3 heteroatoms. The second kappa shape index (κ2) is 6.77. The minimum Gasteiger partial charge on any atom is -0.285 e. The summed E-state index contributed by atoms with van der Waals surface area (Å²) in [4.78, 5) is 12.9. The molecule has 0 N–H and O–H groups in total. The Balaban J connectivity index is 2.87. The zero-order chi connectivity index (χ0) is 15.4. The van der Waals surface area contributed by atoms with Crippen LogP contribution in [0.4, 0.5) is 0 Å². The van der Waals surface area contributed by atoms with Crippen LogP contribution >= 0.6 is 11.6 Å². The number of aryl methyl sites for hydroxylation is 1. The zero-order valence-corrected chi connectivity index (χ0v) is 13.4. The molecule has 0 spiro atoms. The first-order chi connectivity index (χ1) is 10.1. The average molecular weight is 302 g/mol. The molecular weight excluding hydrogens is 282 g/mol. The van der Waals surface area contributed by atoms with Gasteiger partial charge in [-0.2, -0.15) is 0 Å². The average Bonchev–Trinajstić information content (AvgIpc) is 2.49. The van der Waals surface area contributed by atoms with E-state index in [1.165, 1.54) is 0 Å². The second-order valence-electron chi connectivity index (χ2n) is 4.87. The zero-order valence-electron chi connectivity index (χ0n) is 12.7. The quantitative estimate of drug-likeness (QED) is 0.725. The van der Waals surface area contributed by atoms with E-state index in [9.17, 15) is 4.79 Å². The molecule has 0 radical (unpaired) electrons. The van der Waals surface area contributed by atoms with Gasteiger partial charge in [-0.05, 0) is 43.4 Å². The number of benzene rings is 1. The molecule has 0 unspecified atom stereocenters. The summed E-state index contributed by atoms with van der Waals surface area (Å²) in [6, 6.07) is 7.64. The number of hydrogen-bond donors (Lipinski definition) is 0. The lowest BCUT2D eigenvalue weighted by molar-refractivity contribution is 0.875. The van der Waals surface area contributed by atoms with E-state index in [1.54, 1.807) is 10.6 Å². The first-order valence-electron chi connectivity index (χ1n) is 7.29. The third-order valence-electron chi connectivity index (χ3n) is 3.56. The molecule has 2 nitrogen and oxygen atoms in total. The van der Waals surface area contributed by atoms with Crippen LogP contribution in [0.15, 0.2) is 47.3 Å². The lowest BCUT2D eigenvalue weighted by atomic mass is 10.1. The Bertz CT molecular complexity index is 769. The Kier molecular flexibility index (Phi) is 5.03. The van der Waals surface area contributed by atoms with Gasteiger partial charge in [-0.3, -0.25) is 9.36 Å². The third-order valence-corrected chi connectivity index (χ3v) is 3.88. The number of halogens is 1. The van der Waals surface area contributed by atoms with Crippen LogP contribution in [0.25, 0.3) is 16.5 Å². The van der Waals surface area contributed by atoms with Gasteiger partial charge in [0.05, 0.1) is 10.4 Å². The van der Waals surface area contributed by atoms with E-state index in [0.29, 0.717) is 10.4 Å². The molecule has 1 aromatic carbocycles. The van der Waals surface area contributed by atoms with Crippen molar-refractivity contribution in [2.45, 2.75) is 33.6 Å². The highest BCUT2D eigenvalue weighted by molar-refractivity contribution is 6.35. The molecule has 0 atom stereocenters. The van der Waals surface area contributed by atoms with Crippen molar-refractivity contribution in [1.82, 2.24) is 4.57 Å². The summed E-state index contributed by atoms with van der Waals surface area (Å²) < 4.78 is 1.80. The van der Waals surface area contributed by atoms with Crippen LogP contribution in [0.2, 0.25) is 5.02 Å². The number of allylic oxidation sites excluding steroid dienone is 4. The molecule has 110 valence electrons. The molecule has 1 aromatic heterocycles. The molecule has 0 aliphatic carbocycles. The SMILES string of the molecule is C/C=C\C=C(/CC)n1c(CC)cc2cccc(Cl)c2c1=O. The Hall–Kier alpha value is -1.80. The maximum atomic E-state index is 12.9. The molecule has 0 aliphatic rings. The van der Waals surface area contributed by atoms with E-state index in [1.807, 2.05) is 37.3 Å². The van der Waals surface area contributed by atoms with Crippen LogP contribution < -0.4 is 5.56 Å². The van der Waals surface area contributed by atoms with Gasteiger partial charge in [0.2, 0.25) is 0 Å². The number of rotatable bonds is 4. The molecule has 1 heterocycles. The molecule has 0 saturated carbocycles.